The van der Waals surface area contributed by atoms with Crippen molar-refractivity contribution >= 4 is 22.5 Å². The monoisotopic (exact) mass is 297 g/mol. The van der Waals surface area contributed by atoms with Gasteiger partial charge in [0.1, 0.15) is 5.82 Å². The second kappa shape index (κ2) is 5.31. The van der Waals surface area contributed by atoms with Gasteiger partial charge in [-0.05, 0) is 26.2 Å². The predicted molar refractivity (Wildman–Crippen MR) is 76.1 cm³/mol. The minimum absolute atomic E-state index is 0.0802. The van der Waals surface area contributed by atoms with Crippen LogP contribution in [0.25, 0.3) is 10.9 Å². The molecule has 0 bridgehead atoms. The van der Waals surface area contributed by atoms with E-state index in [1.807, 2.05) is 0 Å². The second-order valence-electron chi connectivity index (χ2n) is 5.22. The fourth-order valence-electron chi connectivity index (χ4n) is 2.74. The van der Waals surface area contributed by atoms with Crippen LogP contribution in [-0.2, 0) is 4.74 Å². The van der Waals surface area contributed by atoms with Crippen molar-refractivity contribution in [3.63, 3.8) is 0 Å². The van der Waals surface area contributed by atoms with Gasteiger partial charge in [0.2, 0.25) is 0 Å². The molecule has 108 valence electrons. The van der Waals surface area contributed by atoms with Crippen molar-refractivity contribution in [1.82, 2.24) is 9.78 Å². The molecule has 3 rings (SSSR count). The summed E-state index contributed by atoms with van der Waals surface area (Å²) < 4.78 is 21.5. The lowest BCUT2D eigenvalue weighted by Crippen LogP contribution is -2.19. The molecule has 0 radical (unpaired) electrons. The van der Waals surface area contributed by atoms with Crippen molar-refractivity contribution in [2.24, 2.45) is 5.73 Å². The largest absolute Gasteiger partial charge is 0.356 e. The Morgan fingerprint density at radius 3 is 3.00 bits per heavy atom. The number of nitrogens with zero attached hydrogens (tertiary/aromatic N) is 2. The van der Waals surface area contributed by atoms with Crippen LogP contribution in [0.2, 0.25) is 5.02 Å². The van der Waals surface area contributed by atoms with Crippen LogP contribution in [-0.4, -0.2) is 16.4 Å². The van der Waals surface area contributed by atoms with Gasteiger partial charge in [-0.2, -0.15) is 5.10 Å². The van der Waals surface area contributed by atoms with Crippen molar-refractivity contribution in [3.8, 4) is 0 Å². The normalized spacial score (nSPS) is 21.3. The lowest BCUT2D eigenvalue weighted by atomic mass is 10.0. The van der Waals surface area contributed by atoms with Crippen molar-refractivity contribution < 1.29 is 9.13 Å². The van der Waals surface area contributed by atoms with Crippen LogP contribution in [0.3, 0.4) is 0 Å². The third-order valence-electron chi connectivity index (χ3n) is 3.72. The van der Waals surface area contributed by atoms with Crippen molar-refractivity contribution in [2.45, 2.75) is 38.5 Å². The Labute approximate surface area is 121 Å². The van der Waals surface area contributed by atoms with E-state index in [2.05, 4.69) is 5.10 Å². The highest BCUT2D eigenvalue weighted by Gasteiger charge is 2.23. The molecule has 0 saturated carbocycles. The quantitative estimate of drug-likeness (QED) is 0.922. The van der Waals surface area contributed by atoms with Crippen molar-refractivity contribution in [3.05, 3.63) is 28.7 Å². The first kappa shape index (κ1) is 13.8. The lowest BCUT2D eigenvalue weighted by molar-refractivity contribution is -0.0366. The molecule has 1 fully saturated rings. The summed E-state index contributed by atoms with van der Waals surface area (Å²) in [5.41, 5.74) is 7.20. The Balaban J connectivity index is 2.17. The van der Waals surface area contributed by atoms with E-state index in [0.29, 0.717) is 17.7 Å². The highest BCUT2D eigenvalue weighted by atomic mass is 35.5. The summed E-state index contributed by atoms with van der Waals surface area (Å²) in [6, 6.07) is 1.06. The summed E-state index contributed by atoms with van der Waals surface area (Å²) in [5, 5.41) is 5.23. The molecule has 1 saturated heterocycles. The minimum Gasteiger partial charge on any atom is -0.356 e. The number of rotatable bonds is 2. The number of halogens is 2. The van der Waals surface area contributed by atoms with E-state index < -0.39 is 5.82 Å². The average molecular weight is 298 g/mol. The van der Waals surface area contributed by atoms with Crippen LogP contribution in [0.5, 0.6) is 0 Å². The fraction of sp³-hybridized carbons (Fsp3) is 0.500. The summed E-state index contributed by atoms with van der Waals surface area (Å²) in [6.45, 7) is 2.50. The molecule has 2 heterocycles. The molecule has 0 aliphatic carbocycles. The Hall–Kier alpha value is -1.17. The Bertz CT molecular complexity index is 635. The summed E-state index contributed by atoms with van der Waals surface area (Å²) in [7, 11) is 0. The molecule has 4 nitrogen and oxygen atoms in total. The number of aromatic nitrogens is 2. The smallest absolute Gasteiger partial charge is 0.150 e. The molecule has 6 heteroatoms. The molecule has 2 atom stereocenters. The molecule has 20 heavy (non-hydrogen) atoms. The van der Waals surface area contributed by atoms with Gasteiger partial charge in [-0.25, -0.2) is 9.07 Å². The summed E-state index contributed by atoms with van der Waals surface area (Å²) in [4.78, 5) is 0. The maximum Gasteiger partial charge on any atom is 0.150 e. The SMILES string of the molecule is C[C@@H](N)c1c(Cl)c(F)cc2c1cnn2C1CCCCO1. The lowest BCUT2D eigenvalue weighted by Gasteiger charge is -2.23. The van der Waals surface area contributed by atoms with Gasteiger partial charge >= 0.3 is 0 Å². The van der Waals surface area contributed by atoms with Crippen LogP contribution in [0.1, 0.15) is 44.0 Å². The molecule has 1 aliphatic rings. The topological polar surface area (TPSA) is 53.1 Å². The third kappa shape index (κ3) is 2.20. The number of benzene rings is 1. The zero-order chi connectivity index (χ0) is 14.3. The van der Waals surface area contributed by atoms with Crippen LogP contribution in [0, 0.1) is 5.82 Å². The molecule has 2 N–H and O–H groups in total. The van der Waals surface area contributed by atoms with Crippen LogP contribution >= 0.6 is 11.6 Å². The molecule has 2 aromatic rings. The highest BCUT2D eigenvalue weighted by molar-refractivity contribution is 6.32. The van der Waals surface area contributed by atoms with E-state index in [9.17, 15) is 4.39 Å². The van der Waals surface area contributed by atoms with Crippen molar-refractivity contribution in [1.29, 1.82) is 0 Å². The van der Waals surface area contributed by atoms with Crippen LogP contribution < -0.4 is 5.73 Å². The molecule has 0 spiro atoms. The molecular weight excluding hydrogens is 281 g/mol. The van der Waals surface area contributed by atoms with Gasteiger partial charge in [0.15, 0.2) is 6.23 Å². The Morgan fingerprint density at radius 2 is 2.35 bits per heavy atom. The highest BCUT2D eigenvalue weighted by Crippen LogP contribution is 2.34. The molecule has 1 unspecified atom stereocenters. The Kier molecular flexibility index (Phi) is 3.67. The molecule has 1 aromatic heterocycles. The number of hydrogen-bond donors (Lipinski definition) is 1. The summed E-state index contributed by atoms with van der Waals surface area (Å²) >= 11 is 6.04. The first-order valence-corrected chi connectivity index (χ1v) is 7.19. The second-order valence-corrected chi connectivity index (χ2v) is 5.60. The fourth-order valence-corrected chi connectivity index (χ4v) is 3.07. The maximum absolute atomic E-state index is 14.0. The molecule has 0 amide bonds. The van der Waals surface area contributed by atoms with E-state index in [1.165, 1.54) is 6.07 Å². The Morgan fingerprint density at radius 1 is 1.55 bits per heavy atom. The van der Waals surface area contributed by atoms with Crippen LogP contribution in [0.4, 0.5) is 4.39 Å². The van der Waals surface area contributed by atoms with Crippen LogP contribution in [0.15, 0.2) is 12.3 Å². The first-order chi connectivity index (χ1) is 9.59. The van der Waals surface area contributed by atoms with E-state index in [1.54, 1.807) is 17.8 Å². The van der Waals surface area contributed by atoms with E-state index in [0.717, 1.165) is 24.6 Å². The predicted octanol–water partition coefficient (Wildman–Crippen LogP) is 3.55. The maximum atomic E-state index is 14.0. The number of fused-ring (bicyclic) bond motifs is 1. The molecular formula is C14H17ClFN3O. The number of hydrogen-bond acceptors (Lipinski definition) is 3. The van der Waals surface area contributed by atoms with Gasteiger partial charge in [-0.3, -0.25) is 0 Å². The van der Waals surface area contributed by atoms with Gasteiger partial charge in [-0.15, -0.1) is 0 Å². The van der Waals surface area contributed by atoms with E-state index in [4.69, 9.17) is 22.1 Å². The van der Waals surface area contributed by atoms with Gasteiger partial charge < -0.3 is 10.5 Å². The van der Waals surface area contributed by atoms with Gasteiger partial charge in [-0.1, -0.05) is 11.6 Å². The standard InChI is InChI=1S/C14H17ClFN3O/c1-8(17)13-9-7-18-19(12-4-2-3-5-20-12)11(9)6-10(16)14(13)15/h6-8,12H,2-5,17H2,1H3/t8-,12?/m1/s1. The summed E-state index contributed by atoms with van der Waals surface area (Å²) in [6.07, 6.45) is 4.58. The zero-order valence-corrected chi connectivity index (χ0v) is 12.0. The molecule has 1 aliphatic heterocycles. The average Bonchev–Trinajstić information content (AvgIpc) is 2.83. The summed E-state index contributed by atoms with van der Waals surface area (Å²) in [5.74, 6) is -0.468. The first-order valence-electron chi connectivity index (χ1n) is 6.82. The van der Waals surface area contributed by atoms with Gasteiger partial charge in [0.25, 0.3) is 0 Å². The van der Waals surface area contributed by atoms with E-state index >= 15 is 0 Å². The van der Waals surface area contributed by atoms with Gasteiger partial charge in [0, 0.05) is 29.7 Å². The number of ether oxygens (including phenoxy) is 1. The minimum atomic E-state index is -0.468. The van der Waals surface area contributed by atoms with Gasteiger partial charge in [0.05, 0.1) is 16.7 Å². The molecule has 1 aromatic carbocycles. The third-order valence-corrected chi connectivity index (χ3v) is 4.10. The zero-order valence-electron chi connectivity index (χ0n) is 11.3. The number of nitrogens with two attached hydrogens (primary N) is 1. The van der Waals surface area contributed by atoms with E-state index in [-0.39, 0.29) is 17.3 Å². The van der Waals surface area contributed by atoms with Crippen molar-refractivity contribution in [2.75, 3.05) is 6.61 Å².